The summed E-state index contributed by atoms with van der Waals surface area (Å²) in [5, 5.41) is 6.51. The molecule has 0 bridgehead atoms. The van der Waals surface area contributed by atoms with Gasteiger partial charge in [-0.25, -0.2) is 0 Å². The van der Waals surface area contributed by atoms with Gasteiger partial charge in [-0.1, -0.05) is 17.3 Å². The average molecular weight is 295 g/mol. The summed E-state index contributed by atoms with van der Waals surface area (Å²) in [6, 6.07) is 7.40. The second-order valence-electron chi connectivity index (χ2n) is 3.65. The Hall–Kier alpha value is -1.62. The summed E-state index contributed by atoms with van der Waals surface area (Å²) in [6.45, 7) is 3.58. The molecule has 4 nitrogen and oxygen atoms in total. The fourth-order valence-electron chi connectivity index (χ4n) is 1.37. The number of para-hydroxylation sites is 1. The van der Waals surface area contributed by atoms with Gasteiger partial charge in [-0.2, -0.15) is 0 Å². The van der Waals surface area contributed by atoms with Crippen molar-refractivity contribution >= 4 is 27.5 Å². The Kier molecular flexibility index (Phi) is 3.28. The Labute approximate surface area is 107 Å². The minimum absolute atomic E-state index is 0.272. The summed E-state index contributed by atoms with van der Waals surface area (Å²) in [6.07, 6.45) is 0. The van der Waals surface area contributed by atoms with E-state index in [9.17, 15) is 4.79 Å². The van der Waals surface area contributed by atoms with Crippen molar-refractivity contribution < 1.29 is 9.32 Å². The number of nitrogens with zero attached hydrogens (tertiary/aromatic N) is 1. The van der Waals surface area contributed by atoms with Gasteiger partial charge in [-0.15, -0.1) is 0 Å². The lowest BCUT2D eigenvalue weighted by molar-refractivity contribution is 0.101. The van der Waals surface area contributed by atoms with E-state index in [1.807, 2.05) is 24.3 Å². The maximum absolute atomic E-state index is 11.9. The topological polar surface area (TPSA) is 55.1 Å². The summed E-state index contributed by atoms with van der Waals surface area (Å²) >= 11 is 3.36. The molecule has 0 atom stereocenters. The molecule has 2 rings (SSSR count). The van der Waals surface area contributed by atoms with E-state index in [0.717, 1.165) is 10.0 Å². The SMILES string of the molecule is Cc1onc(C(=O)Nc2ccccc2Br)c1C. The largest absolute Gasteiger partial charge is 0.361 e. The number of carbonyl (C=O) groups is 1. The molecule has 0 spiro atoms. The number of anilines is 1. The van der Waals surface area contributed by atoms with Gasteiger partial charge < -0.3 is 9.84 Å². The highest BCUT2D eigenvalue weighted by molar-refractivity contribution is 9.10. The molecule has 17 heavy (non-hydrogen) atoms. The van der Waals surface area contributed by atoms with Crippen molar-refractivity contribution in [2.24, 2.45) is 0 Å². The van der Waals surface area contributed by atoms with E-state index in [-0.39, 0.29) is 5.91 Å². The first kappa shape index (κ1) is 11.9. The molecule has 1 aromatic heterocycles. The monoisotopic (exact) mass is 294 g/mol. The third-order valence-electron chi connectivity index (χ3n) is 2.49. The van der Waals surface area contributed by atoms with Crippen molar-refractivity contribution in [3.63, 3.8) is 0 Å². The van der Waals surface area contributed by atoms with E-state index in [0.29, 0.717) is 17.1 Å². The van der Waals surface area contributed by atoms with Gasteiger partial charge in [-0.3, -0.25) is 4.79 Å². The smallest absolute Gasteiger partial charge is 0.278 e. The third-order valence-corrected chi connectivity index (χ3v) is 3.19. The molecule has 1 heterocycles. The Morgan fingerprint density at radius 3 is 2.65 bits per heavy atom. The molecule has 2 aromatic rings. The fourth-order valence-corrected chi connectivity index (χ4v) is 1.76. The van der Waals surface area contributed by atoms with Gasteiger partial charge in [0.2, 0.25) is 0 Å². The van der Waals surface area contributed by atoms with Crippen molar-refractivity contribution in [1.82, 2.24) is 5.16 Å². The quantitative estimate of drug-likeness (QED) is 0.924. The minimum atomic E-state index is -0.272. The highest BCUT2D eigenvalue weighted by atomic mass is 79.9. The number of benzene rings is 1. The van der Waals surface area contributed by atoms with Gasteiger partial charge in [0.25, 0.3) is 5.91 Å². The van der Waals surface area contributed by atoms with Crippen molar-refractivity contribution in [3.05, 3.63) is 45.8 Å². The number of rotatable bonds is 2. The minimum Gasteiger partial charge on any atom is -0.361 e. The first-order valence-corrected chi connectivity index (χ1v) is 5.87. The molecular formula is C12H11BrN2O2. The van der Waals surface area contributed by atoms with E-state index >= 15 is 0 Å². The molecule has 5 heteroatoms. The summed E-state index contributed by atoms with van der Waals surface area (Å²) in [5.41, 5.74) is 1.78. The van der Waals surface area contributed by atoms with Gasteiger partial charge in [0.15, 0.2) is 5.69 Å². The number of nitrogens with one attached hydrogen (secondary N) is 1. The molecule has 1 aromatic carbocycles. The average Bonchev–Trinajstić information content (AvgIpc) is 2.63. The number of aryl methyl sites for hydroxylation is 1. The zero-order chi connectivity index (χ0) is 12.4. The van der Waals surface area contributed by atoms with Crippen LogP contribution in [0.5, 0.6) is 0 Å². The van der Waals surface area contributed by atoms with Crippen LogP contribution in [0.3, 0.4) is 0 Å². The van der Waals surface area contributed by atoms with Crippen molar-refractivity contribution in [2.45, 2.75) is 13.8 Å². The number of hydrogen-bond donors (Lipinski definition) is 1. The van der Waals surface area contributed by atoms with Crippen molar-refractivity contribution in [2.75, 3.05) is 5.32 Å². The summed E-state index contributed by atoms with van der Waals surface area (Å²) in [7, 11) is 0. The molecular weight excluding hydrogens is 284 g/mol. The summed E-state index contributed by atoms with van der Waals surface area (Å²) < 4.78 is 5.79. The zero-order valence-electron chi connectivity index (χ0n) is 9.45. The number of halogens is 1. The molecule has 0 saturated heterocycles. The fraction of sp³-hybridized carbons (Fsp3) is 0.167. The first-order chi connectivity index (χ1) is 8.09. The van der Waals surface area contributed by atoms with Crippen LogP contribution in [0.15, 0.2) is 33.3 Å². The number of amides is 1. The van der Waals surface area contributed by atoms with Gasteiger partial charge in [-0.05, 0) is 41.9 Å². The predicted octanol–water partition coefficient (Wildman–Crippen LogP) is 3.31. The lowest BCUT2D eigenvalue weighted by Crippen LogP contribution is -2.13. The summed E-state index contributed by atoms with van der Waals surface area (Å²) in [4.78, 5) is 11.9. The second-order valence-corrected chi connectivity index (χ2v) is 4.50. The van der Waals surface area contributed by atoms with E-state index in [1.165, 1.54) is 0 Å². The van der Waals surface area contributed by atoms with E-state index in [4.69, 9.17) is 4.52 Å². The standard InChI is InChI=1S/C12H11BrN2O2/c1-7-8(2)17-15-11(7)12(16)14-10-6-4-3-5-9(10)13/h3-6H,1-2H3,(H,14,16). The normalized spacial score (nSPS) is 10.3. The highest BCUT2D eigenvalue weighted by Crippen LogP contribution is 2.22. The Balaban J connectivity index is 2.23. The van der Waals surface area contributed by atoms with E-state index in [2.05, 4.69) is 26.4 Å². The van der Waals surface area contributed by atoms with Crippen LogP contribution >= 0.6 is 15.9 Å². The molecule has 0 saturated carbocycles. The van der Waals surface area contributed by atoms with Crippen molar-refractivity contribution in [1.29, 1.82) is 0 Å². The maximum Gasteiger partial charge on any atom is 0.278 e. The van der Waals surface area contributed by atoms with Crippen LogP contribution in [0.1, 0.15) is 21.8 Å². The Morgan fingerprint density at radius 1 is 1.35 bits per heavy atom. The molecule has 88 valence electrons. The first-order valence-electron chi connectivity index (χ1n) is 5.08. The lowest BCUT2D eigenvalue weighted by Gasteiger charge is -2.05. The van der Waals surface area contributed by atoms with Crippen LogP contribution in [0.25, 0.3) is 0 Å². The van der Waals surface area contributed by atoms with Gasteiger partial charge >= 0.3 is 0 Å². The van der Waals surface area contributed by atoms with E-state index in [1.54, 1.807) is 13.8 Å². The van der Waals surface area contributed by atoms with Crippen LogP contribution < -0.4 is 5.32 Å². The Bertz CT molecular complexity index is 563. The molecule has 0 aliphatic rings. The van der Waals surface area contributed by atoms with Crippen molar-refractivity contribution in [3.8, 4) is 0 Å². The zero-order valence-corrected chi connectivity index (χ0v) is 11.0. The molecule has 1 amide bonds. The molecule has 0 fully saturated rings. The van der Waals surface area contributed by atoms with Gasteiger partial charge in [0.05, 0.1) is 5.69 Å². The number of aromatic nitrogens is 1. The second kappa shape index (κ2) is 4.71. The molecule has 0 unspecified atom stereocenters. The highest BCUT2D eigenvalue weighted by Gasteiger charge is 2.16. The van der Waals surface area contributed by atoms with Crippen LogP contribution in [0.2, 0.25) is 0 Å². The maximum atomic E-state index is 11.9. The predicted molar refractivity (Wildman–Crippen MR) is 68.1 cm³/mol. The number of carbonyl (C=O) groups excluding carboxylic acids is 1. The molecule has 0 radical (unpaired) electrons. The molecule has 1 N–H and O–H groups in total. The number of hydrogen-bond acceptors (Lipinski definition) is 3. The van der Waals surface area contributed by atoms with Gasteiger partial charge in [0.1, 0.15) is 5.76 Å². The molecule has 0 aliphatic carbocycles. The third kappa shape index (κ3) is 2.39. The summed E-state index contributed by atoms with van der Waals surface area (Å²) in [5.74, 6) is 0.383. The van der Waals surface area contributed by atoms with Gasteiger partial charge in [0, 0.05) is 10.0 Å². The van der Waals surface area contributed by atoms with Crippen LogP contribution in [0.4, 0.5) is 5.69 Å². The van der Waals surface area contributed by atoms with Crippen LogP contribution in [-0.2, 0) is 0 Å². The van der Waals surface area contributed by atoms with E-state index < -0.39 is 0 Å². The van der Waals surface area contributed by atoms with Crippen LogP contribution in [-0.4, -0.2) is 11.1 Å². The Morgan fingerprint density at radius 2 is 2.06 bits per heavy atom. The molecule has 0 aliphatic heterocycles. The van der Waals surface area contributed by atoms with Crippen LogP contribution in [0, 0.1) is 13.8 Å². The lowest BCUT2D eigenvalue weighted by atomic mass is 10.2.